The van der Waals surface area contributed by atoms with Crippen LogP contribution in [0.2, 0.25) is 0 Å². The molecule has 0 bridgehead atoms. The van der Waals surface area contributed by atoms with Crippen molar-refractivity contribution >= 4 is 39.5 Å². The second-order valence-corrected chi connectivity index (χ2v) is 11.1. The van der Waals surface area contributed by atoms with Crippen molar-refractivity contribution in [2.75, 3.05) is 19.0 Å². The molecule has 2 atom stereocenters. The number of benzene rings is 2. The van der Waals surface area contributed by atoms with Gasteiger partial charge in [-0.05, 0) is 55.0 Å². The Morgan fingerprint density at radius 1 is 1.08 bits per heavy atom. The second-order valence-electron chi connectivity index (χ2n) is 10.0. The molecule has 0 aliphatic carbocycles. The Labute approximate surface area is 221 Å². The van der Waals surface area contributed by atoms with Crippen LogP contribution in [0.15, 0.2) is 36.4 Å². The fraction of sp³-hybridized carbons (Fsp3) is 0.519. The largest absolute Gasteiger partial charge is 0.464 e. The summed E-state index contributed by atoms with van der Waals surface area (Å²) < 4.78 is 5.06. The fourth-order valence-electron chi connectivity index (χ4n) is 3.65. The van der Waals surface area contributed by atoms with E-state index in [0.29, 0.717) is 5.92 Å². The summed E-state index contributed by atoms with van der Waals surface area (Å²) in [5, 5.41) is 14.1. The van der Waals surface area contributed by atoms with Crippen LogP contribution in [0.3, 0.4) is 0 Å². The first kappa shape index (κ1) is 30.1. The number of thioether (sulfide) groups is 1. The first-order valence-corrected chi connectivity index (χ1v) is 13.3. The number of esters is 1. The summed E-state index contributed by atoms with van der Waals surface area (Å²) in [6.07, 6.45) is 1.00. The monoisotopic (exact) mass is 532 g/mol. The average molecular weight is 533 g/mol. The second kappa shape index (κ2) is 13.4. The maximum absolute atomic E-state index is 13.0. The lowest BCUT2D eigenvalue weighted by atomic mass is 9.93. The standard InChI is InChI=1S/C27H36N2O7S/c1-7-35-24(30)23(28-26(32)27(5,6)16-36-29(33)34)15-37-25(31)18(4)20-10-11-21-13-19(12-17(2)3)8-9-22(21)14-20/h8-11,13-14,17-18,23H,7,12,15-16H2,1-6H3,(H,28,32). The van der Waals surface area contributed by atoms with E-state index in [4.69, 9.17) is 4.74 Å². The number of nitrogens with zero attached hydrogens (tertiary/aromatic N) is 1. The van der Waals surface area contributed by atoms with Crippen LogP contribution in [-0.2, 0) is 30.4 Å². The van der Waals surface area contributed by atoms with Gasteiger partial charge in [0.05, 0.1) is 17.9 Å². The molecule has 2 aromatic carbocycles. The number of ether oxygens (including phenoxy) is 1. The zero-order valence-electron chi connectivity index (χ0n) is 22.2. The molecule has 0 saturated carbocycles. The highest BCUT2D eigenvalue weighted by Gasteiger charge is 2.34. The maximum Gasteiger partial charge on any atom is 0.329 e. The van der Waals surface area contributed by atoms with Crippen molar-refractivity contribution < 1.29 is 29.0 Å². The van der Waals surface area contributed by atoms with Crippen molar-refractivity contribution in [3.05, 3.63) is 57.6 Å². The van der Waals surface area contributed by atoms with E-state index in [1.165, 1.54) is 19.4 Å². The number of amides is 1. The Bertz CT molecular complexity index is 1130. The van der Waals surface area contributed by atoms with E-state index in [0.717, 1.165) is 34.5 Å². The lowest BCUT2D eigenvalue weighted by Crippen LogP contribution is -2.50. The Morgan fingerprint density at radius 3 is 2.35 bits per heavy atom. The minimum Gasteiger partial charge on any atom is -0.464 e. The fourth-order valence-corrected chi connectivity index (χ4v) is 4.59. The number of nitrogens with one attached hydrogen (secondary N) is 1. The molecule has 2 rings (SSSR count). The predicted molar refractivity (Wildman–Crippen MR) is 144 cm³/mol. The van der Waals surface area contributed by atoms with E-state index in [1.54, 1.807) is 13.8 Å². The number of rotatable bonds is 13. The molecular weight excluding hydrogens is 496 g/mol. The minimum atomic E-state index is -1.28. The van der Waals surface area contributed by atoms with Crippen LogP contribution >= 0.6 is 11.8 Å². The van der Waals surface area contributed by atoms with Gasteiger partial charge in [-0.3, -0.25) is 9.59 Å². The average Bonchev–Trinajstić information content (AvgIpc) is 2.83. The van der Waals surface area contributed by atoms with Gasteiger partial charge in [0.15, 0.2) is 5.12 Å². The predicted octanol–water partition coefficient (Wildman–Crippen LogP) is 4.68. The lowest BCUT2D eigenvalue weighted by molar-refractivity contribution is -0.760. The molecule has 0 aliphatic rings. The van der Waals surface area contributed by atoms with E-state index >= 15 is 0 Å². The van der Waals surface area contributed by atoms with Crippen molar-refractivity contribution in [3.63, 3.8) is 0 Å². The van der Waals surface area contributed by atoms with Gasteiger partial charge < -0.3 is 14.9 Å². The van der Waals surface area contributed by atoms with Gasteiger partial charge in [-0.2, -0.15) is 0 Å². The highest BCUT2D eigenvalue weighted by atomic mass is 32.2. The third-order valence-corrected chi connectivity index (χ3v) is 6.98. The molecule has 0 radical (unpaired) electrons. The van der Waals surface area contributed by atoms with Gasteiger partial charge in [-0.25, -0.2) is 4.79 Å². The Balaban J connectivity index is 2.09. The molecule has 0 heterocycles. The molecular formula is C27H36N2O7S. The van der Waals surface area contributed by atoms with Crippen LogP contribution in [0.25, 0.3) is 10.8 Å². The molecule has 202 valence electrons. The summed E-state index contributed by atoms with van der Waals surface area (Å²) in [7, 11) is 0. The Kier molecular flexibility index (Phi) is 10.9. The van der Waals surface area contributed by atoms with Crippen LogP contribution in [-0.4, -0.2) is 47.1 Å². The Hall–Kier alpha value is -3.14. The van der Waals surface area contributed by atoms with Gasteiger partial charge in [0.1, 0.15) is 12.6 Å². The molecule has 2 aromatic rings. The minimum absolute atomic E-state index is 0.0357. The summed E-state index contributed by atoms with van der Waals surface area (Å²) >= 11 is 0.933. The highest BCUT2D eigenvalue weighted by Crippen LogP contribution is 2.27. The number of carbonyl (C=O) groups excluding carboxylic acids is 3. The third kappa shape index (κ3) is 9.03. The van der Waals surface area contributed by atoms with E-state index in [9.17, 15) is 24.5 Å². The van der Waals surface area contributed by atoms with Crippen molar-refractivity contribution in [2.45, 2.75) is 59.9 Å². The van der Waals surface area contributed by atoms with Crippen LogP contribution in [0.5, 0.6) is 0 Å². The number of hydrogen-bond acceptors (Lipinski definition) is 8. The zero-order valence-corrected chi connectivity index (χ0v) is 23.1. The van der Waals surface area contributed by atoms with E-state index in [1.807, 2.05) is 18.2 Å². The van der Waals surface area contributed by atoms with Crippen molar-refractivity contribution in [2.24, 2.45) is 11.3 Å². The smallest absolute Gasteiger partial charge is 0.329 e. The van der Waals surface area contributed by atoms with E-state index in [2.05, 4.69) is 42.2 Å². The molecule has 2 unspecified atom stereocenters. The molecule has 0 spiro atoms. The molecule has 0 aliphatic heterocycles. The number of carbonyl (C=O) groups is 3. The SMILES string of the molecule is CCOC(=O)C(CSC(=O)C(C)c1ccc2cc(CC(C)C)ccc2c1)NC(=O)C(C)(C)CO[N+](=O)[O-]. The molecule has 37 heavy (non-hydrogen) atoms. The maximum atomic E-state index is 13.0. The van der Waals surface area contributed by atoms with Crippen molar-refractivity contribution in [3.8, 4) is 0 Å². The lowest BCUT2D eigenvalue weighted by Gasteiger charge is -2.25. The van der Waals surface area contributed by atoms with E-state index < -0.39 is 40.9 Å². The molecule has 0 saturated heterocycles. The topological polar surface area (TPSA) is 125 Å². The van der Waals surface area contributed by atoms with Crippen molar-refractivity contribution in [1.82, 2.24) is 5.32 Å². The van der Waals surface area contributed by atoms with Crippen LogP contribution < -0.4 is 5.32 Å². The summed E-state index contributed by atoms with van der Waals surface area (Å²) in [6, 6.07) is 11.2. The van der Waals surface area contributed by atoms with Gasteiger partial charge >= 0.3 is 5.97 Å². The normalized spacial score (nSPS) is 13.2. The van der Waals surface area contributed by atoms with Crippen molar-refractivity contribution in [1.29, 1.82) is 0 Å². The molecule has 1 N–H and O–H groups in total. The van der Waals surface area contributed by atoms with Crippen LogP contribution in [0.1, 0.15) is 58.6 Å². The number of hydrogen-bond donors (Lipinski definition) is 1. The quantitative estimate of drug-likeness (QED) is 0.224. The molecule has 9 nitrogen and oxygen atoms in total. The summed E-state index contributed by atoms with van der Waals surface area (Å²) in [6.45, 7) is 10.3. The van der Waals surface area contributed by atoms with Crippen LogP contribution in [0, 0.1) is 21.4 Å². The molecule has 1 amide bonds. The first-order chi connectivity index (χ1) is 17.3. The Morgan fingerprint density at radius 2 is 1.73 bits per heavy atom. The zero-order chi connectivity index (χ0) is 27.8. The van der Waals surface area contributed by atoms with Gasteiger partial charge in [-0.15, -0.1) is 10.1 Å². The molecule has 0 aromatic heterocycles. The van der Waals surface area contributed by atoms with Gasteiger partial charge in [0.2, 0.25) is 5.91 Å². The number of fused-ring (bicyclic) bond motifs is 1. The molecule has 10 heteroatoms. The summed E-state index contributed by atoms with van der Waals surface area (Å²) in [5.74, 6) is -1.22. The highest BCUT2D eigenvalue weighted by molar-refractivity contribution is 8.13. The van der Waals surface area contributed by atoms with Gasteiger partial charge in [0, 0.05) is 5.75 Å². The first-order valence-electron chi connectivity index (χ1n) is 12.3. The molecule has 0 fully saturated rings. The third-order valence-electron chi connectivity index (χ3n) is 5.84. The summed E-state index contributed by atoms with van der Waals surface area (Å²) in [4.78, 5) is 53.0. The van der Waals surface area contributed by atoms with Gasteiger partial charge in [-0.1, -0.05) is 68.9 Å². The van der Waals surface area contributed by atoms with E-state index in [-0.39, 0.29) is 17.5 Å². The van der Waals surface area contributed by atoms with Gasteiger partial charge in [0.25, 0.3) is 5.09 Å². The van der Waals surface area contributed by atoms with Crippen LogP contribution in [0.4, 0.5) is 0 Å². The summed E-state index contributed by atoms with van der Waals surface area (Å²) in [5.41, 5.74) is 0.853.